The minimum atomic E-state index is -1.88. The van der Waals surface area contributed by atoms with Crippen molar-refractivity contribution >= 4 is 8.32 Å². The van der Waals surface area contributed by atoms with Crippen molar-refractivity contribution in [3.8, 4) is 0 Å². The van der Waals surface area contributed by atoms with E-state index in [-0.39, 0.29) is 42.2 Å². The van der Waals surface area contributed by atoms with E-state index in [1.54, 1.807) is 0 Å². The molecule has 196 valence electrons. The van der Waals surface area contributed by atoms with Crippen LogP contribution in [0.5, 0.6) is 0 Å². The molecule has 2 rings (SSSR count). The molecular weight excluding hydrogens is 432 g/mol. The molecule has 0 aliphatic carbocycles. The Morgan fingerprint density at radius 3 is 1.91 bits per heavy atom. The first-order valence-corrected chi connectivity index (χ1v) is 16.8. The lowest BCUT2D eigenvalue weighted by molar-refractivity contribution is -0.113. The molecule has 2 fully saturated rings. The lowest BCUT2D eigenvalue weighted by atomic mass is 10.0. The molecule has 2 heterocycles. The summed E-state index contributed by atoms with van der Waals surface area (Å²) in [6, 6.07) is 0. The average Bonchev–Trinajstić information content (AvgIpc) is 3.43. The van der Waals surface area contributed by atoms with Gasteiger partial charge in [0.1, 0.15) is 6.10 Å². The number of rotatable bonds is 15. The van der Waals surface area contributed by atoms with Crippen LogP contribution in [0.3, 0.4) is 0 Å². The van der Waals surface area contributed by atoms with Crippen LogP contribution < -0.4 is 0 Å². The highest BCUT2D eigenvalue weighted by Gasteiger charge is 2.44. The molecule has 0 aromatic heterocycles. The van der Waals surface area contributed by atoms with Crippen molar-refractivity contribution in [3.63, 3.8) is 0 Å². The average molecular weight is 487 g/mol. The quantitative estimate of drug-likeness (QED) is 0.208. The Morgan fingerprint density at radius 2 is 1.36 bits per heavy atom. The van der Waals surface area contributed by atoms with Crippen molar-refractivity contribution in [3.05, 3.63) is 0 Å². The third kappa shape index (κ3) is 9.19. The number of ether oxygens (including phenoxy) is 2. The van der Waals surface area contributed by atoms with Crippen molar-refractivity contribution in [2.45, 2.75) is 166 Å². The summed E-state index contributed by atoms with van der Waals surface area (Å²) >= 11 is 0. The second-order valence-corrected chi connectivity index (χ2v) is 16.8. The number of hydrogen-bond acceptors (Lipinski definition) is 5. The van der Waals surface area contributed by atoms with Gasteiger partial charge in [-0.25, -0.2) is 0 Å². The van der Waals surface area contributed by atoms with Crippen LogP contribution in [0.1, 0.15) is 111 Å². The van der Waals surface area contributed by atoms with E-state index in [4.69, 9.17) is 13.9 Å². The Kier molecular flexibility index (Phi) is 12.3. The molecule has 2 aliphatic heterocycles. The van der Waals surface area contributed by atoms with Gasteiger partial charge in [0, 0.05) is 0 Å². The van der Waals surface area contributed by atoms with Gasteiger partial charge in [0.05, 0.1) is 37.1 Å². The maximum atomic E-state index is 9.93. The van der Waals surface area contributed by atoms with Crippen LogP contribution in [0.15, 0.2) is 0 Å². The minimum Gasteiger partial charge on any atom is -0.411 e. The van der Waals surface area contributed by atoms with E-state index in [0.717, 1.165) is 32.1 Å². The van der Waals surface area contributed by atoms with Gasteiger partial charge in [0.25, 0.3) is 0 Å². The van der Waals surface area contributed by atoms with E-state index in [1.807, 2.05) is 0 Å². The molecule has 2 N–H and O–H groups in total. The lowest BCUT2D eigenvalue weighted by Crippen LogP contribution is -2.47. The molecule has 0 radical (unpaired) electrons. The van der Waals surface area contributed by atoms with E-state index in [0.29, 0.717) is 0 Å². The lowest BCUT2D eigenvalue weighted by Gasteiger charge is -2.41. The molecule has 0 spiro atoms. The first-order valence-electron chi connectivity index (χ1n) is 13.9. The Hall–Kier alpha value is 0.0169. The van der Waals surface area contributed by atoms with Crippen molar-refractivity contribution in [2.75, 3.05) is 6.61 Å². The van der Waals surface area contributed by atoms with E-state index in [2.05, 4.69) is 40.8 Å². The zero-order chi connectivity index (χ0) is 24.5. The van der Waals surface area contributed by atoms with Gasteiger partial charge in [-0.1, -0.05) is 79.1 Å². The summed E-state index contributed by atoms with van der Waals surface area (Å²) in [5.41, 5.74) is 0. The third-order valence-corrected chi connectivity index (χ3v) is 12.7. The van der Waals surface area contributed by atoms with Crippen LogP contribution in [0.2, 0.25) is 18.1 Å². The number of unbranched alkanes of at least 4 members (excludes halogenated alkanes) is 7. The van der Waals surface area contributed by atoms with Gasteiger partial charge >= 0.3 is 0 Å². The van der Waals surface area contributed by atoms with Gasteiger partial charge < -0.3 is 24.1 Å². The summed E-state index contributed by atoms with van der Waals surface area (Å²) < 4.78 is 19.6. The number of aliphatic hydroxyl groups excluding tert-OH is 2. The van der Waals surface area contributed by atoms with Gasteiger partial charge in [-0.3, -0.25) is 0 Å². The Labute approximate surface area is 205 Å². The van der Waals surface area contributed by atoms with Crippen LogP contribution in [-0.2, 0) is 13.9 Å². The largest absolute Gasteiger partial charge is 0.411 e. The molecule has 0 aromatic rings. The highest BCUT2D eigenvalue weighted by molar-refractivity contribution is 6.74. The summed E-state index contributed by atoms with van der Waals surface area (Å²) in [6.07, 6.45) is 14.7. The highest BCUT2D eigenvalue weighted by atomic mass is 28.4. The fourth-order valence-electron chi connectivity index (χ4n) is 4.95. The molecule has 2 aliphatic rings. The molecule has 0 saturated carbocycles. The molecule has 5 nitrogen and oxygen atoms in total. The SMILES string of the molecule is CCCCCCCCCC[C@@H](O[Si](C)(C)C(C)(C)C)[C@H]1CC[C@H]([C@H]2CC[C@H]([C@@H](O)CO)O2)O1. The number of hydrogen-bond donors (Lipinski definition) is 2. The third-order valence-electron chi connectivity index (χ3n) is 8.21. The first-order chi connectivity index (χ1) is 15.6. The van der Waals surface area contributed by atoms with E-state index in [1.165, 1.54) is 51.4 Å². The molecule has 6 heteroatoms. The van der Waals surface area contributed by atoms with Crippen LogP contribution in [0.4, 0.5) is 0 Å². The minimum absolute atomic E-state index is 0.0258. The zero-order valence-electron chi connectivity index (χ0n) is 22.5. The predicted molar refractivity (Wildman–Crippen MR) is 138 cm³/mol. The Morgan fingerprint density at radius 1 is 0.848 bits per heavy atom. The van der Waals surface area contributed by atoms with Crippen LogP contribution in [-0.4, -0.2) is 61.8 Å². The first kappa shape index (κ1) is 29.2. The van der Waals surface area contributed by atoms with Gasteiger partial charge in [0.15, 0.2) is 8.32 Å². The van der Waals surface area contributed by atoms with Crippen LogP contribution in [0.25, 0.3) is 0 Å². The van der Waals surface area contributed by atoms with Crippen molar-refractivity contribution < 1.29 is 24.1 Å². The molecule has 0 bridgehead atoms. The molecular formula is C27H54O5Si. The molecule has 6 atom stereocenters. The van der Waals surface area contributed by atoms with E-state index in [9.17, 15) is 10.2 Å². The second-order valence-electron chi connectivity index (χ2n) is 12.0. The van der Waals surface area contributed by atoms with E-state index < -0.39 is 14.4 Å². The molecule has 0 amide bonds. The smallest absolute Gasteiger partial charge is 0.192 e. The van der Waals surface area contributed by atoms with Gasteiger partial charge in [0.2, 0.25) is 0 Å². The summed E-state index contributed by atoms with van der Waals surface area (Å²) in [7, 11) is -1.88. The summed E-state index contributed by atoms with van der Waals surface area (Å²) in [5.74, 6) is 0. The van der Waals surface area contributed by atoms with Crippen molar-refractivity contribution in [1.82, 2.24) is 0 Å². The van der Waals surface area contributed by atoms with Gasteiger partial charge in [-0.15, -0.1) is 0 Å². The highest BCUT2D eigenvalue weighted by Crippen LogP contribution is 2.40. The van der Waals surface area contributed by atoms with Crippen LogP contribution in [0, 0.1) is 0 Å². The number of aliphatic hydroxyl groups is 2. The molecule has 0 aromatic carbocycles. The predicted octanol–water partition coefficient (Wildman–Crippen LogP) is 6.36. The maximum Gasteiger partial charge on any atom is 0.192 e. The Balaban J connectivity index is 1.88. The fraction of sp³-hybridized carbons (Fsp3) is 1.00. The normalized spacial score (nSPS) is 28.4. The van der Waals surface area contributed by atoms with Crippen molar-refractivity contribution in [2.24, 2.45) is 0 Å². The molecule has 33 heavy (non-hydrogen) atoms. The zero-order valence-corrected chi connectivity index (χ0v) is 23.5. The topological polar surface area (TPSA) is 68.2 Å². The summed E-state index contributed by atoms with van der Waals surface area (Å²) in [5, 5.41) is 19.4. The van der Waals surface area contributed by atoms with E-state index >= 15 is 0 Å². The molecule has 2 saturated heterocycles. The molecule has 0 unspecified atom stereocenters. The monoisotopic (exact) mass is 486 g/mol. The van der Waals surface area contributed by atoms with Gasteiger partial charge in [-0.05, 0) is 50.2 Å². The summed E-state index contributed by atoms with van der Waals surface area (Å²) in [4.78, 5) is 0. The maximum absolute atomic E-state index is 9.93. The van der Waals surface area contributed by atoms with Crippen molar-refractivity contribution in [1.29, 1.82) is 0 Å². The fourth-order valence-corrected chi connectivity index (χ4v) is 6.33. The van der Waals surface area contributed by atoms with Gasteiger partial charge in [-0.2, -0.15) is 0 Å². The summed E-state index contributed by atoms with van der Waals surface area (Å²) in [6.45, 7) is 13.7. The second kappa shape index (κ2) is 13.9. The Bertz CT molecular complexity index is 535. The standard InChI is InChI=1S/C27H54O5Si/c1-7-8-9-10-11-12-13-14-15-26(32-33(5,6)27(2,3)4)25-19-18-24(31-25)23-17-16-22(30-23)21(29)20-28/h21-26,28-29H,7-20H2,1-6H3/t21-,22+,23+,24+,25+,26+/m0/s1. The van der Waals surface area contributed by atoms with Crippen LogP contribution >= 0.6 is 0 Å².